The molecule has 0 bridgehead atoms. The zero-order valence-corrected chi connectivity index (χ0v) is 16.8. The molecule has 0 aliphatic carbocycles. The molecule has 8 nitrogen and oxygen atoms in total. The van der Waals surface area contributed by atoms with Crippen molar-refractivity contribution in [3.8, 4) is 11.5 Å². The Kier molecular flexibility index (Phi) is 5.01. The van der Waals surface area contributed by atoms with Crippen LogP contribution in [0.1, 0.15) is 0 Å². The first kappa shape index (κ1) is 19.4. The number of ether oxygens (including phenoxy) is 3. The number of hydrogen-bond donors (Lipinski definition) is 0. The van der Waals surface area contributed by atoms with Crippen molar-refractivity contribution in [1.29, 1.82) is 0 Å². The molecule has 0 fully saturated rings. The van der Waals surface area contributed by atoms with E-state index in [0.717, 1.165) is 35.6 Å². The third-order valence-electron chi connectivity index (χ3n) is 4.17. The quantitative estimate of drug-likeness (QED) is 0.579. The molecule has 0 N–H and O–H groups in total. The lowest BCUT2D eigenvalue weighted by Gasteiger charge is -2.18. The van der Waals surface area contributed by atoms with Crippen LogP contribution in [0, 0.1) is 5.82 Å². The van der Waals surface area contributed by atoms with Gasteiger partial charge in [0.15, 0.2) is 11.5 Å². The highest BCUT2D eigenvalue weighted by atomic mass is 32.2. The summed E-state index contributed by atoms with van der Waals surface area (Å²) < 4.78 is 60.4. The third-order valence-corrected chi connectivity index (χ3v) is 6.61. The van der Waals surface area contributed by atoms with Crippen molar-refractivity contribution < 1.29 is 31.8 Å². The molecule has 3 aromatic rings. The Bertz CT molecular complexity index is 1260. The van der Waals surface area contributed by atoms with E-state index in [4.69, 9.17) is 14.2 Å². The van der Waals surface area contributed by atoms with E-state index in [0.29, 0.717) is 34.9 Å². The molecule has 2 aromatic carbocycles. The minimum Gasteiger partial charge on any atom is -0.486 e. The molecule has 4 rings (SSSR count). The summed E-state index contributed by atoms with van der Waals surface area (Å²) in [5.74, 6) is -0.103. The maximum Gasteiger partial charge on any atom is 0.325 e. The van der Waals surface area contributed by atoms with Crippen LogP contribution in [0.2, 0.25) is 0 Å². The molecule has 152 valence electrons. The number of nitrogens with zero attached hydrogens (tertiary/aromatic N) is 2. The van der Waals surface area contributed by atoms with E-state index in [1.165, 1.54) is 11.7 Å². The summed E-state index contributed by atoms with van der Waals surface area (Å²) in [6, 6.07) is 7.73. The van der Waals surface area contributed by atoms with Crippen LogP contribution in [0.25, 0.3) is 10.2 Å². The van der Waals surface area contributed by atoms with Gasteiger partial charge in [0.05, 0.1) is 22.2 Å². The predicted molar refractivity (Wildman–Crippen MR) is 102 cm³/mol. The van der Waals surface area contributed by atoms with Gasteiger partial charge in [-0.05, 0) is 24.3 Å². The van der Waals surface area contributed by atoms with Crippen molar-refractivity contribution in [3.05, 3.63) is 47.0 Å². The fourth-order valence-corrected chi connectivity index (χ4v) is 5.03. The van der Waals surface area contributed by atoms with Gasteiger partial charge in [0.2, 0.25) is 4.80 Å². The maximum atomic E-state index is 13.1. The molecule has 0 radical (unpaired) electrons. The van der Waals surface area contributed by atoms with Crippen LogP contribution in [0.15, 0.2) is 45.7 Å². The average Bonchev–Trinajstić information content (AvgIpc) is 3.01. The number of aromatic nitrogens is 1. The highest BCUT2D eigenvalue weighted by Gasteiger charge is 2.20. The van der Waals surface area contributed by atoms with Crippen molar-refractivity contribution in [3.63, 3.8) is 0 Å². The number of carbonyl (C=O) groups excluding carboxylic acids is 1. The largest absolute Gasteiger partial charge is 0.486 e. The van der Waals surface area contributed by atoms with E-state index >= 15 is 0 Å². The van der Waals surface area contributed by atoms with Gasteiger partial charge < -0.3 is 18.8 Å². The van der Waals surface area contributed by atoms with Crippen molar-refractivity contribution in [2.75, 3.05) is 20.3 Å². The normalized spacial score (nSPS) is 14.2. The fraction of sp³-hybridized carbons (Fsp3) is 0.222. The lowest BCUT2D eigenvalue weighted by Crippen LogP contribution is -2.22. The summed E-state index contributed by atoms with van der Waals surface area (Å²) in [4.78, 5) is 11.8. The Hall–Kier alpha value is -2.92. The van der Waals surface area contributed by atoms with Gasteiger partial charge >= 0.3 is 5.97 Å². The molecule has 0 atom stereocenters. The highest BCUT2D eigenvalue weighted by Crippen LogP contribution is 2.35. The number of fused-ring (bicyclic) bond motifs is 2. The number of benzene rings is 2. The minimum absolute atomic E-state index is 0.0667. The number of thiazole rings is 1. The monoisotopic (exact) mass is 438 g/mol. The van der Waals surface area contributed by atoms with Crippen LogP contribution in [-0.2, 0) is 26.1 Å². The number of methoxy groups -OCH3 is 1. The van der Waals surface area contributed by atoms with Gasteiger partial charge in [-0.25, -0.2) is 4.39 Å². The Morgan fingerprint density at radius 2 is 1.86 bits per heavy atom. The molecule has 29 heavy (non-hydrogen) atoms. The lowest BCUT2D eigenvalue weighted by atomic mass is 10.2. The molecule has 11 heteroatoms. The van der Waals surface area contributed by atoms with Crippen LogP contribution in [0.4, 0.5) is 4.39 Å². The molecular formula is C18H15FN2O6S2. The van der Waals surface area contributed by atoms with Crippen LogP contribution in [0.3, 0.4) is 0 Å². The van der Waals surface area contributed by atoms with Gasteiger partial charge in [0.25, 0.3) is 10.0 Å². The van der Waals surface area contributed by atoms with Crippen molar-refractivity contribution in [1.82, 2.24) is 4.57 Å². The second-order valence-corrected chi connectivity index (χ2v) is 8.64. The molecule has 0 saturated carbocycles. The predicted octanol–water partition coefficient (Wildman–Crippen LogP) is 2.08. The van der Waals surface area contributed by atoms with E-state index in [-0.39, 0.29) is 16.2 Å². The summed E-state index contributed by atoms with van der Waals surface area (Å²) >= 11 is 1.07. The van der Waals surface area contributed by atoms with Gasteiger partial charge in [-0.3, -0.25) is 4.79 Å². The van der Waals surface area contributed by atoms with Crippen molar-refractivity contribution >= 4 is 37.5 Å². The van der Waals surface area contributed by atoms with E-state index in [9.17, 15) is 17.6 Å². The summed E-state index contributed by atoms with van der Waals surface area (Å²) in [6.07, 6.45) is 0. The summed E-state index contributed by atoms with van der Waals surface area (Å²) in [5, 5.41) is 0. The van der Waals surface area contributed by atoms with Crippen LogP contribution in [-0.4, -0.2) is 39.3 Å². The molecule has 1 aliphatic rings. The second-order valence-electron chi connectivity index (χ2n) is 6.03. The van der Waals surface area contributed by atoms with Crippen LogP contribution in [0.5, 0.6) is 11.5 Å². The van der Waals surface area contributed by atoms with E-state index in [1.54, 1.807) is 12.1 Å². The molecule has 0 spiro atoms. The summed E-state index contributed by atoms with van der Waals surface area (Å²) in [6.45, 7) is 0.548. The lowest BCUT2D eigenvalue weighted by molar-refractivity contribution is -0.141. The van der Waals surface area contributed by atoms with Gasteiger partial charge in [-0.1, -0.05) is 11.3 Å². The van der Waals surface area contributed by atoms with Crippen molar-refractivity contribution in [2.24, 2.45) is 4.40 Å². The van der Waals surface area contributed by atoms with E-state index in [2.05, 4.69) is 4.40 Å². The van der Waals surface area contributed by atoms with Crippen molar-refractivity contribution in [2.45, 2.75) is 11.4 Å². The van der Waals surface area contributed by atoms with E-state index < -0.39 is 21.8 Å². The number of esters is 1. The van der Waals surface area contributed by atoms with Gasteiger partial charge in [0, 0.05) is 12.1 Å². The number of hydrogen-bond acceptors (Lipinski definition) is 7. The smallest absolute Gasteiger partial charge is 0.325 e. The molecule has 0 amide bonds. The summed E-state index contributed by atoms with van der Waals surface area (Å²) in [7, 11) is -2.89. The van der Waals surface area contributed by atoms with Crippen LogP contribution < -0.4 is 14.3 Å². The third kappa shape index (κ3) is 3.83. The SMILES string of the molecule is COC(=O)Cn1/c(=N/S(=O)(=O)c2ccc(F)cc2)sc2cc3c(cc21)OCCO3. The fourth-order valence-electron chi connectivity index (χ4n) is 2.79. The molecule has 1 aliphatic heterocycles. The van der Waals surface area contributed by atoms with E-state index in [1.807, 2.05) is 0 Å². The number of halogens is 1. The molecule has 2 heterocycles. The Balaban J connectivity index is 1.92. The average molecular weight is 438 g/mol. The van der Waals surface area contributed by atoms with Gasteiger partial charge in [0.1, 0.15) is 25.6 Å². The van der Waals surface area contributed by atoms with Crippen LogP contribution >= 0.6 is 11.3 Å². The van der Waals surface area contributed by atoms with Gasteiger partial charge in [-0.15, -0.1) is 4.40 Å². The zero-order chi connectivity index (χ0) is 20.6. The Labute approximate surface area is 168 Å². The summed E-state index contributed by atoms with van der Waals surface area (Å²) in [5.41, 5.74) is 0.553. The second kappa shape index (κ2) is 7.48. The van der Waals surface area contributed by atoms with Gasteiger partial charge in [-0.2, -0.15) is 8.42 Å². The molecule has 1 aromatic heterocycles. The molecule has 0 saturated heterocycles. The first-order chi connectivity index (χ1) is 13.9. The number of rotatable bonds is 4. The standard InChI is InChI=1S/C18H15FN2O6S2/c1-25-17(22)10-21-13-8-14-15(27-7-6-26-14)9-16(13)28-18(21)20-29(23,24)12-4-2-11(19)3-5-12/h2-5,8-9H,6-7,10H2,1H3/b20-18-. The topological polar surface area (TPSA) is 96.2 Å². The highest BCUT2D eigenvalue weighted by molar-refractivity contribution is 7.90. The minimum atomic E-state index is -4.13. The zero-order valence-electron chi connectivity index (χ0n) is 15.1. The molecular weight excluding hydrogens is 423 g/mol. The number of sulfonamides is 1. The first-order valence-corrected chi connectivity index (χ1v) is 10.7. The first-order valence-electron chi connectivity index (χ1n) is 8.44. The Morgan fingerprint density at radius 1 is 1.21 bits per heavy atom. The maximum absolute atomic E-state index is 13.1. The number of carbonyl (C=O) groups is 1. The Morgan fingerprint density at radius 3 is 2.52 bits per heavy atom. The molecule has 0 unspecified atom stereocenters.